The van der Waals surface area contributed by atoms with Crippen molar-refractivity contribution in [1.82, 2.24) is 5.32 Å². The van der Waals surface area contributed by atoms with Crippen LogP contribution in [0.15, 0.2) is 24.3 Å². The third kappa shape index (κ3) is 5.41. The molecule has 1 rings (SSSR count). The highest BCUT2D eigenvalue weighted by Crippen LogP contribution is 2.21. The van der Waals surface area contributed by atoms with Crippen molar-refractivity contribution in [3.63, 3.8) is 0 Å². The minimum Gasteiger partial charge on any atom is -0.389 e. The number of nitrogens with one attached hydrogen (secondary N) is 1. The number of methoxy groups -OCH3 is 1. The zero-order chi connectivity index (χ0) is 14.3. The van der Waals surface area contributed by atoms with E-state index in [1.807, 2.05) is 38.1 Å². The fourth-order valence-corrected chi connectivity index (χ4v) is 2.08. The summed E-state index contributed by atoms with van der Waals surface area (Å²) in [5.74, 6) is 0.117. The topological polar surface area (TPSA) is 58.6 Å². The first-order valence-corrected chi connectivity index (χ1v) is 6.53. The summed E-state index contributed by atoms with van der Waals surface area (Å²) in [6.45, 7) is 4.54. The van der Waals surface area contributed by atoms with Crippen LogP contribution in [0.5, 0.6) is 0 Å². The van der Waals surface area contributed by atoms with Gasteiger partial charge in [-0.25, -0.2) is 0 Å². The van der Waals surface area contributed by atoms with E-state index in [0.29, 0.717) is 6.42 Å². The number of hydrogen-bond acceptors (Lipinski definition) is 3. The molecule has 0 aliphatic carbocycles. The SMILES string of the molecule is COCC(O)CNC(=O)CC(C)c1ccccc1C. The summed E-state index contributed by atoms with van der Waals surface area (Å²) < 4.78 is 4.80. The van der Waals surface area contributed by atoms with E-state index in [1.165, 1.54) is 18.2 Å². The molecule has 0 saturated carbocycles. The Morgan fingerprint density at radius 1 is 1.42 bits per heavy atom. The van der Waals surface area contributed by atoms with Gasteiger partial charge in [0.15, 0.2) is 0 Å². The molecule has 0 saturated heterocycles. The molecule has 0 aliphatic rings. The van der Waals surface area contributed by atoms with E-state index in [1.54, 1.807) is 0 Å². The van der Waals surface area contributed by atoms with E-state index in [2.05, 4.69) is 5.32 Å². The van der Waals surface area contributed by atoms with Crippen LogP contribution in [0.25, 0.3) is 0 Å². The number of carbonyl (C=O) groups is 1. The number of aryl methyl sites for hydroxylation is 1. The Balaban J connectivity index is 2.42. The van der Waals surface area contributed by atoms with Crippen molar-refractivity contribution >= 4 is 5.91 Å². The van der Waals surface area contributed by atoms with E-state index in [9.17, 15) is 9.90 Å². The second-order valence-electron chi connectivity index (χ2n) is 4.88. The van der Waals surface area contributed by atoms with E-state index in [4.69, 9.17) is 4.74 Å². The van der Waals surface area contributed by atoms with Gasteiger partial charge in [-0.2, -0.15) is 0 Å². The van der Waals surface area contributed by atoms with Crippen molar-refractivity contribution in [2.75, 3.05) is 20.3 Å². The lowest BCUT2D eigenvalue weighted by molar-refractivity contribution is -0.122. The highest BCUT2D eigenvalue weighted by Gasteiger charge is 2.13. The van der Waals surface area contributed by atoms with Gasteiger partial charge in [0.05, 0.1) is 12.7 Å². The van der Waals surface area contributed by atoms with E-state index in [-0.39, 0.29) is 25.0 Å². The molecule has 0 aliphatic heterocycles. The molecule has 2 unspecified atom stereocenters. The molecule has 0 heterocycles. The van der Waals surface area contributed by atoms with Crippen molar-refractivity contribution in [3.05, 3.63) is 35.4 Å². The summed E-state index contributed by atoms with van der Waals surface area (Å²) in [7, 11) is 1.52. The van der Waals surface area contributed by atoms with Crippen LogP contribution in [0.1, 0.15) is 30.4 Å². The fourth-order valence-electron chi connectivity index (χ4n) is 2.08. The molecule has 4 heteroatoms. The number of ether oxygens (including phenoxy) is 1. The molecule has 1 amide bonds. The van der Waals surface area contributed by atoms with Crippen LogP contribution < -0.4 is 5.32 Å². The average molecular weight is 265 g/mol. The predicted molar refractivity (Wildman–Crippen MR) is 75.1 cm³/mol. The quantitative estimate of drug-likeness (QED) is 0.787. The molecule has 0 bridgehead atoms. The molecule has 4 nitrogen and oxygen atoms in total. The molecule has 2 N–H and O–H groups in total. The van der Waals surface area contributed by atoms with E-state index in [0.717, 1.165) is 0 Å². The standard InChI is InChI=1S/C15H23NO3/c1-11-6-4-5-7-14(11)12(2)8-15(18)16-9-13(17)10-19-3/h4-7,12-13,17H,8-10H2,1-3H3,(H,16,18). The van der Waals surface area contributed by atoms with Gasteiger partial charge in [0.25, 0.3) is 0 Å². The molecule has 19 heavy (non-hydrogen) atoms. The molecule has 106 valence electrons. The van der Waals surface area contributed by atoms with Crippen LogP contribution in [0.2, 0.25) is 0 Å². The summed E-state index contributed by atoms with van der Waals surface area (Å²) in [6.07, 6.45) is -0.229. The summed E-state index contributed by atoms with van der Waals surface area (Å²) >= 11 is 0. The molecule has 0 spiro atoms. The number of amides is 1. The Bertz CT molecular complexity index is 406. The van der Waals surface area contributed by atoms with Gasteiger partial charge in [-0.3, -0.25) is 4.79 Å². The number of hydrogen-bond donors (Lipinski definition) is 2. The first kappa shape index (κ1) is 15.7. The Morgan fingerprint density at radius 2 is 2.11 bits per heavy atom. The minimum atomic E-state index is -0.650. The van der Waals surface area contributed by atoms with Gasteiger partial charge in [0.2, 0.25) is 5.91 Å². The molecular formula is C15H23NO3. The summed E-state index contributed by atoms with van der Waals surface area (Å²) in [4.78, 5) is 11.8. The summed E-state index contributed by atoms with van der Waals surface area (Å²) in [5.41, 5.74) is 2.39. The zero-order valence-corrected chi connectivity index (χ0v) is 11.8. The Labute approximate surface area is 114 Å². The maximum Gasteiger partial charge on any atom is 0.220 e. The molecule has 1 aromatic carbocycles. The fraction of sp³-hybridized carbons (Fsp3) is 0.533. The lowest BCUT2D eigenvalue weighted by atomic mass is 9.93. The number of benzene rings is 1. The van der Waals surface area contributed by atoms with Crippen LogP contribution in [-0.2, 0) is 9.53 Å². The van der Waals surface area contributed by atoms with Gasteiger partial charge >= 0.3 is 0 Å². The molecule has 1 aromatic rings. The number of carbonyl (C=O) groups excluding carboxylic acids is 1. The lowest BCUT2D eigenvalue weighted by Gasteiger charge is -2.15. The second-order valence-corrected chi connectivity index (χ2v) is 4.88. The molecular weight excluding hydrogens is 242 g/mol. The molecule has 0 fully saturated rings. The van der Waals surface area contributed by atoms with Crippen LogP contribution in [0, 0.1) is 6.92 Å². The second kappa shape index (κ2) is 7.92. The normalized spacial score (nSPS) is 13.9. The van der Waals surface area contributed by atoms with Crippen LogP contribution in [0.3, 0.4) is 0 Å². The maximum absolute atomic E-state index is 11.8. The van der Waals surface area contributed by atoms with Gasteiger partial charge in [-0.05, 0) is 24.0 Å². The van der Waals surface area contributed by atoms with Gasteiger partial charge in [0.1, 0.15) is 0 Å². The van der Waals surface area contributed by atoms with Crippen molar-refractivity contribution in [2.24, 2.45) is 0 Å². The molecule has 0 aromatic heterocycles. The first-order chi connectivity index (χ1) is 9.04. The average Bonchev–Trinajstić information content (AvgIpc) is 2.37. The van der Waals surface area contributed by atoms with Crippen molar-refractivity contribution in [1.29, 1.82) is 0 Å². The smallest absolute Gasteiger partial charge is 0.220 e. The number of aliphatic hydroxyl groups excluding tert-OH is 1. The lowest BCUT2D eigenvalue weighted by Crippen LogP contribution is -2.34. The number of rotatable bonds is 7. The maximum atomic E-state index is 11.8. The van der Waals surface area contributed by atoms with Crippen LogP contribution in [-0.4, -0.2) is 37.4 Å². The monoisotopic (exact) mass is 265 g/mol. The van der Waals surface area contributed by atoms with Crippen molar-refractivity contribution in [2.45, 2.75) is 32.3 Å². The Hall–Kier alpha value is -1.39. The molecule has 0 radical (unpaired) electrons. The summed E-state index contributed by atoms with van der Waals surface area (Å²) in [5, 5.41) is 12.2. The third-order valence-corrected chi connectivity index (χ3v) is 3.10. The van der Waals surface area contributed by atoms with Crippen molar-refractivity contribution < 1.29 is 14.6 Å². The number of aliphatic hydroxyl groups is 1. The minimum absolute atomic E-state index is 0.0501. The Kier molecular flexibility index (Phi) is 6.53. The largest absolute Gasteiger partial charge is 0.389 e. The Morgan fingerprint density at radius 3 is 2.74 bits per heavy atom. The predicted octanol–water partition coefficient (Wildman–Crippen LogP) is 1.61. The van der Waals surface area contributed by atoms with Gasteiger partial charge in [0, 0.05) is 20.1 Å². The highest BCUT2D eigenvalue weighted by atomic mass is 16.5. The van der Waals surface area contributed by atoms with Crippen LogP contribution >= 0.6 is 0 Å². The van der Waals surface area contributed by atoms with Crippen molar-refractivity contribution in [3.8, 4) is 0 Å². The van der Waals surface area contributed by atoms with Gasteiger partial charge < -0.3 is 15.2 Å². The van der Waals surface area contributed by atoms with E-state index < -0.39 is 6.10 Å². The highest BCUT2D eigenvalue weighted by molar-refractivity contribution is 5.76. The first-order valence-electron chi connectivity index (χ1n) is 6.53. The summed E-state index contributed by atoms with van der Waals surface area (Å²) in [6, 6.07) is 8.07. The third-order valence-electron chi connectivity index (χ3n) is 3.10. The van der Waals surface area contributed by atoms with Gasteiger partial charge in [-0.15, -0.1) is 0 Å². The van der Waals surface area contributed by atoms with E-state index >= 15 is 0 Å². The zero-order valence-electron chi connectivity index (χ0n) is 11.8. The van der Waals surface area contributed by atoms with Crippen LogP contribution in [0.4, 0.5) is 0 Å². The molecule has 2 atom stereocenters. The van der Waals surface area contributed by atoms with Gasteiger partial charge in [-0.1, -0.05) is 31.2 Å².